The number of nitrogens with one attached hydrogen (secondary N) is 1. The summed E-state index contributed by atoms with van der Waals surface area (Å²) >= 11 is 0.908. The number of carbonyl (C=O) groups excluding carboxylic acids is 1. The van der Waals surface area contributed by atoms with Gasteiger partial charge in [0.05, 0.1) is 29.2 Å². The molecule has 191 valence electrons. The average Bonchev–Trinajstić information content (AvgIpc) is 2.73. The summed E-state index contributed by atoms with van der Waals surface area (Å²) in [7, 11) is -4.57. The van der Waals surface area contributed by atoms with Crippen LogP contribution in [-0.4, -0.2) is 35.7 Å². The Labute approximate surface area is 215 Å². The molecule has 1 radical (unpaired) electrons. The molecule has 4 N–H and O–H groups in total. The second kappa shape index (κ2) is 11.8. The molecule has 14 heteroatoms. The van der Waals surface area contributed by atoms with Crippen LogP contribution < -0.4 is 5.32 Å². The molecule has 0 saturated heterocycles. The van der Waals surface area contributed by atoms with Gasteiger partial charge in [0.25, 0.3) is 10.1 Å². The van der Waals surface area contributed by atoms with E-state index in [1.165, 1.54) is 25.1 Å². The number of anilines is 1. The standard InChI is InChI=1S/C21H21N3O8S2.Cu/c1-4-31-32-33-14-5-6-16(18(26)9-14)23-24-20-11(2)7-13-8-15(34(28,29)30)10-17(22-12(3)25)19(13)21(20)27;/h5-10,26-27H,4H2,1-3H3,(H,22,25)(H,28,29,30);. The van der Waals surface area contributed by atoms with Crippen LogP contribution in [-0.2, 0) is 41.2 Å². The molecule has 35 heavy (non-hydrogen) atoms. The Morgan fingerprint density at radius 2 is 1.86 bits per heavy atom. The third-order valence-electron chi connectivity index (χ3n) is 4.46. The van der Waals surface area contributed by atoms with Crippen LogP contribution in [0.2, 0.25) is 0 Å². The number of rotatable bonds is 8. The summed E-state index contributed by atoms with van der Waals surface area (Å²) in [5.74, 6) is -1.09. The molecule has 11 nitrogen and oxygen atoms in total. The summed E-state index contributed by atoms with van der Waals surface area (Å²) in [4.78, 5) is 16.5. The summed E-state index contributed by atoms with van der Waals surface area (Å²) in [6, 6.07) is 8.23. The minimum Gasteiger partial charge on any atom is -0.506 e. The molecule has 0 saturated carbocycles. The number of phenolic OH excluding ortho intramolecular Hbond substituents is 2. The molecule has 0 unspecified atom stereocenters. The Kier molecular flexibility index (Phi) is 9.63. The molecule has 0 aliphatic rings. The Hall–Kier alpha value is -2.71. The molecule has 0 bridgehead atoms. The van der Waals surface area contributed by atoms with Crippen molar-refractivity contribution in [3.05, 3.63) is 42.0 Å². The first-order chi connectivity index (χ1) is 16.0. The van der Waals surface area contributed by atoms with Gasteiger partial charge >= 0.3 is 0 Å². The number of nitrogens with zero attached hydrogens (tertiary/aromatic N) is 2. The number of hydrogen-bond donors (Lipinski definition) is 4. The first kappa shape index (κ1) is 28.5. The van der Waals surface area contributed by atoms with Gasteiger partial charge in [0, 0.05) is 34.3 Å². The van der Waals surface area contributed by atoms with Gasteiger partial charge in [0.1, 0.15) is 17.1 Å². The smallest absolute Gasteiger partial charge is 0.294 e. The number of aromatic hydroxyl groups is 2. The maximum absolute atomic E-state index is 11.6. The van der Waals surface area contributed by atoms with Crippen LogP contribution in [0.15, 0.2) is 56.4 Å². The molecule has 3 rings (SSSR count). The molecular weight excluding hydrogens is 550 g/mol. The molecule has 0 aliphatic carbocycles. The van der Waals surface area contributed by atoms with E-state index in [2.05, 4.69) is 15.5 Å². The molecule has 0 heterocycles. The summed E-state index contributed by atoms with van der Waals surface area (Å²) in [6.07, 6.45) is 0. The topological polar surface area (TPSA) is 167 Å². The second-order valence-corrected chi connectivity index (χ2v) is 9.22. The van der Waals surface area contributed by atoms with Crippen molar-refractivity contribution in [1.82, 2.24) is 0 Å². The number of phenols is 2. The van der Waals surface area contributed by atoms with E-state index in [0.717, 1.165) is 24.2 Å². The van der Waals surface area contributed by atoms with E-state index >= 15 is 0 Å². The van der Waals surface area contributed by atoms with Crippen LogP contribution in [0, 0.1) is 6.92 Å². The van der Waals surface area contributed by atoms with Gasteiger partial charge in [-0.05, 0) is 61.2 Å². The van der Waals surface area contributed by atoms with Gasteiger partial charge in [0.2, 0.25) is 5.91 Å². The first-order valence-electron chi connectivity index (χ1n) is 9.77. The Morgan fingerprint density at radius 3 is 2.46 bits per heavy atom. The number of aryl methyl sites for hydroxylation is 1. The van der Waals surface area contributed by atoms with Crippen LogP contribution in [0.5, 0.6) is 11.5 Å². The van der Waals surface area contributed by atoms with Gasteiger partial charge in [0.15, 0.2) is 5.75 Å². The number of carbonyl (C=O) groups is 1. The molecule has 1 amide bonds. The summed E-state index contributed by atoms with van der Waals surface area (Å²) < 4.78 is 37.6. The first-order valence-corrected chi connectivity index (χ1v) is 12.0. The quantitative estimate of drug-likeness (QED) is 0.0544. The van der Waals surface area contributed by atoms with Gasteiger partial charge in [-0.1, -0.05) is 0 Å². The summed E-state index contributed by atoms with van der Waals surface area (Å²) in [6.45, 7) is 4.94. The van der Waals surface area contributed by atoms with E-state index in [1.807, 2.05) is 0 Å². The van der Waals surface area contributed by atoms with Gasteiger partial charge < -0.3 is 15.5 Å². The largest absolute Gasteiger partial charge is 0.506 e. The molecule has 0 aromatic heterocycles. The average molecular weight is 571 g/mol. The summed E-state index contributed by atoms with van der Waals surface area (Å²) in [5, 5.41) is 32.0. The van der Waals surface area contributed by atoms with Crippen LogP contribution in [0.3, 0.4) is 0 Å². The minimum atomic E-state index is -4.57. The second-order valence-electron chi connectivity index (χ2n) is 7.02. The Bertz CT molecular complexity index is 1400. The zero-order valence-corrected chi connectivity index (χ0v) is 21.1. The van der Waals surface area contributed by atoms with Crippen LogP contribution in [0.1, 0.15) is 19.4 Å². The number of azo groups is 1. The monoisotopic (exact) mass is 570 g/mol. The SMILES string of the molecule is CCOOSc1ccc(N=Nc2c(C)cc3cc(S(=O)(=O)O)cc(NC(C)=O)c3c2O)c(O)c1.[Cu]. The van der Waals surface area contributed by atoms with E-state index in [0.29, 0.717) is 17.1 Å². The predicted molar refractivity (Wildman–Crippen MR) is 125 cm³/mol. The van der Waals surface area contributed by atoms with Crippen molar-refractivity contribution in [1.29, 1.82) is 0 Å². The fraction of sp³-hybridized carbons (Fsp3) is 0.190. The van der Waals surface area contributed by atoms with E-state index in [1.54, 1.807) is 19.9 Å². The normalized spacial score (nSPS) is 11.5. The summed E-state index contributed by atoms with van der Waals surface area (Å²) in [5.41, 5.74) is 0.539. The number of hydrogen-bond acceptors (Lipinski definition) is 10. The third-order valence-corrected chi connectivity index (χ3v) is 5.90. The van der Waals surface area contributed by atoms with E-state index in [9.17, 15) is 28.0 Å². The van der Waals surface area contributed by atoms with Gasteiger partial charge in [-0.25, -0.2) is 4.89 Å². The van der Waals surface area contributed by atoms with Gasteiger partial charge in [-0.3, -0.25) is 9.35 Å². The van der Waals surface area contributed by atoms with E-state index in [-0.39, 0.29) is 56.4 Å². The number of amides is 1. The van der Waals surface area contributed by atoms with Crippen molar-refractivity contribution in [2.45, 2.75) is 30.6 Å². The maximum atomic E-state index is 11.6. The van der Waals surface area contributed by atoms with Crippen molar-refractivity contribution < 1.29 is 54.3 Å². The van der Waals surface area contributed by atoms with Gasteiger partial charge in [-0.15, -0.1) is 10.2 Å². The predicted octanol–water partition coefficient (Wildman–Crippen LogP) is 5.15. The van der Waals surface area contributed by atoms with Crippen molar-refractivity contribution in [2.24, 2.45) is 10.2 Å². The molecular formula is C21H21CuN3O8S2. The van der Waals surface area contributed by atoms with Crippen molar-refractivity contribution in [3.63, 3.8) is 0 Å². The van der Waals surface area contributed by atoms with Crippen LogP contribution >= 0.6 is 12.0 Å². The van der Waals surface area contributed by atoms with Crippen LogP contribution in [0.4, 0.5) is 17.1 Å². The van der Waals surface area contributed by atoms with Crippen LogP contribution in [0.25, 0.3) is 10.8 Å². The zero-order valence-electron chi connectivity index (χ0n) is 18.6. The molecule has 0 fully saturated rings. The Balaban J connectivity index is 0.00000432. The third kappa shape index (κ3) is 6.92. The fourth-order valence-electron chi connectivity index (χ4n) is 3.04. The molecule has 3 aromatic rings. The Morgan fingerprint density at radius 1 is 1.14 bits per heavy atom. The van der Waals surface area contributed by atoms with E-state index in [4.69, 9.17) is 9.22 Å². The van der Waals surface area contributed by atoms with E-state index < -0.39 is 20.9 Å². The van der Waals surface area contributed by atoms with Crippen molar-refractivity contribution in [2.75, 3.05) is 11.9 Å². The van der Waals surface area contributed by atoms with Gasteiger partial charge in [-0.2, -0.15) is 12.8 Å². The molecule has 0 aliphatic heterocycles. The number of benzene rings is 3. The molecule has 0 spiro atoms. The zero-order chi connectivity index (χ0) is 25.0. The molecule has 0 atom stereocenters. The molecule has 3 aromatic carbocycles. The fourth-order valence-corrected chi connectivity index (χ4v) is 4.09. The minimum absolute atomic E-state index is 0. The maximum Gasteiger partial charge on any atom is 0.294 e. The van der Waals surface area contributed by atoms with Crippen molar-refractivity contribution in [3.8, 4) is 11.5 Å². The number of fused-ring (bicyclic) bond motifs is 1. The van der Waals surface area contributed by atoms with Crippen molar-refractivity contribution >= 4 is 55.9 Å².